The fourth-order valence-electron chi connectivity index (χ4n) is 0.630. The van der Waals surface area contributed by atoms with Gasteiger partial charge in [-0.2, -0.15) is 0 Å². The number of carboxylic acids is 1. The topological polar surface area (TPSA) is 107 Å². The van der Waals surface area contributed by atoms with Gasteiger partial charge in [0.1, 0.15) is 0 Å². The Morgan fingerprint density at radius 3 is 1.56 bits per heavy atom. The van der Waals surface area contributed by atoms with Gasteiger partial charge in [0.05, 0.1) is 19.8 Å². The van der Waals surface area contributed by atoms with E-state index >= 15 is 0 Å². The number of hydrogen-bond donors (Lipinski definition) is 4. The maximum Gasteiger partial charge on any atom is 0.327 e. The van der Waals surface area contributed by atoms with E-state index in [9.17, 15) is 4.79 Å². The van der Waals surface area contributed by atoms with Crippen LogP contribution in [0.1, 0.15) is 19.8 Å². The second-order valence-electron chi connectivity index (χ2n) is 3.84. The van der Waals surface area contributed by atoms with Gasteiger partial charge in [-0.1, -0.05) is 13.5 Å². The summed E-state index contributed by atoms with van der Waals surface area (Å²) in [5.74, 6) is -0.981. The fraction of sp³-hybridized carbons (Fsp3) is 0.750. The zero-order valence-corrected chi connectivity index (χ0v) is 10.8. The molecule has 0 unspecified atom stereocenters. The third-order valence-corrected chi connectivity index (χ3v) is 2.51. The summed E-state index contributed by atoms with van der Waals surface area (Å²) in [4.78, 5) is 9.25. The van der Waals surface area contributed by atoms with Crippen molar-refractivity contribution >= 4 is 5.97 Å². The molecule has 0 aromatic rings. The van der Waals surface area contributed by atoms with Gasteiger partial charge in [-0.15, -0.1) is 0 Å². The highest BCUT2D eigenvalue weighted by Crippen LogP contribution is 2.18. The van der Waals surface area contributed by atoms with E-state index in [-0.39, 0.29) is 19.8 Å². The zero-order valence-electron chi connectivity index (χ0n) is 10.8. The molecule has 0 aromatic heterocycles. The minimum atomic E-state index is -0.981. The van der Waals surface area contributed by atoms with E-state index in [0.29, 0.717) is 6.42 Å². The molecule has 18 heavy (non-hydrogen) atoms. The van der Waals surface area contributed by atoms with Gasteiger partial charge in [0.15, 0.2) is 0 Å². The summed E-state index contributed by atoms with van der Waals surface area (Å²) in [5.41, 5.74) is -0.667. The lowest BCUT2D eigenvalue weighted by Gasteiger charge is -2.24. The average molecular weight is 264 g/mol. The Hall–Kier alpha value is -0.950. The smallest absolute Gasteiger partial charge is 0.327 e. The van der Waals surface area contributed by atoms with Gasteiger partial charge < -0.3 is 25.2 Å². The van der Waals surface area contributed by atoms with Gasteiger partial charge in [0.25, 0.3) is 0 Å². The van der Waals surface area contributed by atoms with Crippen molar-refractivity contribution in [1.82, 2.24) is 0 Å². The summed E-state index contributed by atoms with van der Waals surface area (Å²) in [6, 6.07) is 0. The van der Waals surface area contributed by atoms with Crippen LogP contribution in [-0.2, 0) is 9.53 Å². The largest absolute Gasteiger partial charge is 0.478 e. The fourth-order valence-corrected chi connectivity index (χ4v) is 0.630. The van der Waals surface area contributed by atoms with Crippen LogP contribution in [0.5, 0.6) is 0 Å². The Morgan fingerprint density at radius 2 is 1.56 bits per heavy atom. The first-order chi connectivity index (χ1) is 8.51. The van der Waals surface area contributed by atoms with E-state index in [1.54, 1.807) is 0 Å². The number of rotatable bonds is 5. The van der Waals surface area contributed by atoms with Crippen LogP contribution in [0.4, 0.5) is 0 Å². The Bertz CT molecular complexity index is 187. The molecule has 1 aliphatic rings. The van der Waals surface area contributed by atoms with Gasteiger partial charge >= 0.3 is 5.97 Å². The SMILES string of the molecule is C1COC1.C=CC(=O)O.CCC(CO)(CO)CO. The first-order valence-electron chi connectivity index (χ1n) is 5.77. The molecule has 0 spiro atoms. The Kier molecular flexibility index (Phi) is 13.5. The van der Waals surface area contributed by atoms with Crippen molar-refractivity contribution in [3.63, 3.8) is 0 Å². The second kappa shape index (κ2) is 12.5. The van der Waals surface area contributed by atoms with Crippen LogP contribution >= 0.6 is 0 Å². The minimum Gasteiger partial charge on any atom is -0.478 e. The molecule has 0 saturated carbocycles. The lowest BCUT2D eigenvalue weighted by molar-refractivity contribution is -0.131. The van der Waals surface area contributed by atoms with E-state index in [1.165, 1.54) is 6.42 Å². The molecule has 0 amide bonds. The van der Waals surface area contributed by atoms with Gasteiger partial charge in [0.2, 0.25) is 0 Å². The summed E-state index contributed by atoms with van der Waals surface area (Å²) >= 11 is 0. The average Bonchev–Trinajstić information content (AvgIpc) is 2.31. The van der Waals surface area contributed by atoms with Crippen LogP contribution in [-0.4, -0.2) is 59.4 Å². The maximum absolute atomic E-state index is 9.25. The van der Waals surface area contributed by atoms with Crippen LogP contribution in [0.15, 0.2) is 12.7 Å². The summed E-state index contributed by atoms with van der Waals surface area (Å²) in [7, 11) is 0. The van der Waals surface area contributed by atoms with Gasteiger partial charge in [-0.25, -0.2) is 4.79 Å². The first-order valence-corrected chi connectivity index (χ1v) is 5.77. The van der Waals surface area contributed by atoms with Crippen LogP contribution in [0.3, 0.4) is 0 Å². The summed E-state index contributed by atoms with van der Waals surface area (Å²) in [6.45, 7) is 6.31. The molecule has 1 heterocycles. The summed E-state index contributed by atoms with van der Waals surface area (Å²) in [5, 5.41) is 33.6. The summed E-state index contributed by atoms with van der Waals surface area (Å²) < 4.78 is 4.72. The third-order valence-electron chi connectivity index (χ3n) is 2.51. The molecule has 0 aliphatic carbocycles. The van der Waals surface area contributed by atoms with Crippen LogP contribution in [0.25, 0.3) is 0 Å². The number of aliphatic hydroxyl groups excluding tert-OH is 3. The molecule has 108 valence electrons. The van der Waals surface area contributed by atoms with E-state index in [2.05, 4.69) is 6.58 Å². The normalized spacial score (nSPS) is 13.1. The number of aliphatic hydroxyl groups is 3. The van der Waals surface area contributed by atoms with Crippen LogP contribution in [0, 0.1) is 5.41 Å². The first kappa shape index (κ1) is 19.4. The van der Waals surface area contributed by atoms with Gasteiger partial charge in [-0.3, -0.25) is 0 Å². The highest BCUT2D eigenvalue weighted by Gasteiger charge is 2.24. The standard InChI is InChI=1S/C6H14O3.C3H4O2.C3H6O/c1-2-6(3-7,4-8)5-9;1-2-3(4)5;1-2-4-3-1/h7-9H,2-5H2,1H3;2H,1H2,(H,4,5);1-3H2. The van der Waals surface area contributed by atoms with Crippen molar-refractivity contribution < 1.29 is 30.0 Å². The highest BCUT2D eigenvalue weighted by molar-refractivity contribution is 5.78. The predicted molar refractivity (Wildman–Crippen MR) is 67.3 cm³/mol. The second-order valence-corrected chi connectivity index (χ2v) is 3.84. The number of hydrogen-bond acceptors (Lipinski definition) is 5. The summed E-state index contributed by atoms with van der Waals surface area (Å²) in [6.07, 6.45) is 2.70. The highest BCUT2D eigenvalue weighted by atomic mass is 16.5. The van der Waals surface area contributed by atoms with Crippen LogP contribution < -0.4 is 0 Å². The quantitative estimate of drug-likeness (QED) is 0.522. The molecule has 4 N–H and O–H groups in total. The van der Waals surface area contributed by atoms with Crippen molar-refractivity contribution in [2.75, 3.05) is 33.0 Å². The van der Waals surface area contributed by atoms with E-state index in [4.69, 9.17) is 25.2 Å². The Morgan fingerprint density at radius 1 is 1.28 bits per heavy atom. The Labute approximate surface area is 108 Å². The van der Waals surface area contributed by atoms with Gasteiger partial charge in [-0.05, 0) is 12.8 Å². The lowest BCUT2D eigenvalue weighted by atomic mass is 9.88. The van der Waals surface area contributed by atoms with Gasteiger partial charge in [0, 0.05) is 24.7 Å². The molecule has 0 radical (unpaired) electrons. The number of carbonyl (C=O) groups is 1. The molecule has 1 aliphatic heterocycles. The van der Waals surface area contributed by atoms with Crippen molar-refractivity contribution in [1.29, 1.82) is 0 Å². The molecule has 0 atom stereocenters. The minimum absolute atomic E-state index is 0.156. The third kappa shape index (κ3) is 10.2. The predicted octanol–water partition coefficient (Wildman–Crippen LogP) is 0.0234. The van der Waals surface area contributed by atoms with E-state index in [1.807, 2.05) is 6.92 Å². The van der Waals surface area contributed by atoms with Crippen molar-refractivity contribution in [2.24, 2.45) is 5.41 Å². The molecular weight excluding hydrogens is 240 g/mol. The monoisotopic (exact) mass is 264 g/mol. The number of aliphatic carboxylic acids is 1. The molecule has 6 nitrogen and oxygen atoms in total. The molecular formula is C12H24O6. The number of carboxylic acid groups (broad SMARTS) is 1. The molecule has 6 heteroatoms. The zero-order chi connectivity index (χ0) is 14.4. The molecule has 0 aromatic carbocycles. The van der Waals surface area contributed by atoms with Crippen molar-refractivity contribution in [3.05, 3.63) is 12.7 Å². The Balaban J connectivity index is 0. The van der Waals surface area contributed by atoms with Crippen molar-refractivity contribution in [3.8, 4) is 0 Å². The number of ether oxygens (including phenoxy) is 1. The lowest BCUT2D eigenvalue weighted by Crippen LogP contribution is -2.32. The van der Waals surface area contributed by atoms with Crippen molar-refractivity contribution in [2.45, 2.75) is 19.8 Å². The van der Waals surface area contributed by atoms with Crippen LogP contribution in [0.2, 0.25) is 0 Å². The van der Waals surface area contributed by atoms with E-state index in [0.717, 1.165) is 19.3 Å². The molecule has 1 fully saturated rings. The van der Waals surface area contributed by atoms with E-state index < -0.39 is 11.4 Å². The maximum atomic E-state index is 9.25. The molecule has 1 saturated heterocycles. The molecule has 0 bridgehead atoms. The molecule has 1 rings (SSSR count).